The summed E-state index contributed by atoms with van der Waals surface area (Å²) in [4.78, 5) is 22.7. The molecule has 7 nitrogen and oxygen atoms in total. The van der Waals surface area contributed by atoms with Crippen molar-refractivity contribution in [3.05, 3.63) is 47.8 Å². The summed E-state index contributed by atoms with van der Waals surface area (Å²) in [5.74, 6) is 1.18. The van der Waals surface area contributed by atoms with Crippen molar-refractivity contribution in [3.8, 4) is 5.75 Å². The van der Waals surface area contributed by atoms with Crippen molar-refractivity contribution >= 4 is 11.9 Å². The molecule has 0 saturated heterocycles. The predicted molar refractivity (Wildman–Crippen MR) is 103 cm³/mol. The lowest BCUT2D eigenvalue weighted by atomic mass is 10.1. The number of aromatic nitrogens is 2. The largest absolute Gasteiger partial charge is 0.497 e. The fraction of sp³-hybridized carbons (Fsp3) is 0.421. The minimum absolute atomic E-state index is 0.174. The first-order chi connectivity index (χ1) is 12.6. The van der Waals surface area contributed by atoms with Crippen LogP contribution in [0.15, 0.2) is 36.7 Å². The number of ether oxygens (including phenoxy) is 1. The van der Waals surface area contributed by atoms with Gasteiger partial charge in [0.2, 0.25) is 5.95 Å². The van der Waals surface area contributed by atoms with Gasteiger partial charge in [0.05, 0.1) is 12.7 Å². The molecule has 0 bridgehead atoms. The summed E-state index contributed by atoms with van der Waals surface area (Å²) >= 11 is 0. The average molecular weight is 357 g/mol. The minimum Gasteiger partial charge on any atom is -0.497 e. The fourth-order valence-electron chi connectivity index (χ4n) is 2.38. The van der Waals surface area contributed by atoms with E-state index < -0.39 is 0 Å². The van der Waals surface area contributed by atoms with E-state index in [1.807, 2.05) is 38.4 Å². The summed E-state index contributed by atoms with van der Waals surface area (Å²) in [5.41, 5.74) is 1.56. The molecule has 1 amide bonds. The SMILES string of the molecule is COc1cccc(CCNC(=O)c2cnc(NCCCN(C)C)nc2)c1. The van der Waals surface area contributed by atoms with Gasteiger partial charge in [-0.2, -0.15) is 0 Å². The summed E-state index contributed by atoms with van der Waals surface area (Å²) in [6.07, 6.45) is 4.82. The van der Waals surface area contributed by atoms with Crippen molar-refractivity contribution in [2.75, 3.05) is 46.2 Å². The van der Waals surface area contributed by atoms with Gasteiger partial charge in [-0.1, -0.05) is 12.1 Å². The first kappa shape index (κ1) is 19.7. The number of anilines is 1. The van der Waals surface area contributed by atoms with E-state index in [1.165, 1.54) is 0 Å². The zero-order valence-corrected chi connectivity index (χ0v) is 15.7. The maximum atomic E-state index is 12.2. The van der Waals surface area contributed by atoms with Gasteiger partial charge in [0.25, 0.3) is 5.91 Å². The molecule has 0 fully saturated rings. The Hall–Kier alpha value is -2.67. The number of nitrogens with one attached hydrogen (secondary N) is 2. The zero-order chi connectivity index (χ0) is 18.8. The summed E-state index contributed by atoms with van der Waals surface area (Å²) in [6.45, 7) is 2.33. The molecule has 26 heavy (non-hydrogen) atoms. The van der Waals surface area contributed by atoms with Crippen molar-refractivity contribution in [1.82, 2.24) is 20.2 Å². The smallest absolute Gasteiger partial charge is 0.254 e. The van der Waals surface area contributed by atoms with E-state index in [4.69, 9.17) is 4.74 Å². The van der Waals surface area contributed by atoms with Gasteiger partial charge in [-0.25, -0.2) is 9.97 Å². The summed E-state index contributed by atoms with van der Waals surface area (Å²) < 4.78 is 5.20. The molecular weight excluding hydrogens is 330 g/mol. The molecule has 2 rings (SSSR count). The highest BCUT2D eigenvalue weighted by atomic mass is 16.5. The van der Waals surface area contributed by atoms with Crippen LogP contribution in [0.25, 0.3) is 0 Å². The molecule has 0 unspecified atom stereocenters. The van der Waals surface area contributed by atoms with Crippen LogP contribution in [0.5, 0.6) is 5.75 Å². The van der Waals surface area contributed by atoms with Crippen LogP contribution in [0.3, 0.4) is 0 Å². The third kappa shape index (κ3) is 6.68. The second-order valence-corrected chi connectivity index (χ2v) is 6.24. The molecule has 0 atom stereocenters. The monoisotopic (exact) mass is 357 g/mol. The lowest BCUT2D eigenvalue weighted by Gasteiger charge is -2.10. The number of methoxy groups -OCH3 is 1. The number of carbonyl (C=O) groups is 1. The van der Waals surface area contributed by atoms with Crippen LogP contribution >= 0.6 is 0 Å². The molecule has 0 saturated carbocycles. The Morgan fingerprint density at radius 1 is 1.19 bits per heavy atom. The van der Waals surface area contributed by atoms with Crippen molar-refractivity contribution in [2.24, 2.45) is 0 Å². The van der Waals surface area contributed by atoms with Gasteiger partial charge >= 0.3 is 0 Å². The average Bonchev–Trinajstić information content (AvgIpc) is 2.65. The maximum absolute atomic E-state index is 12.2. The van der Waals surface area contributed by atoms with E-state index in [-0.39, 0.29) is 5.91 Å². The molecule has 0 aliphatic heterocycles. The van der Waals surface area contributed by atoms with Gasteiger partial charge in [0.15, 0.2) is 0 Å². The van der Waals surface area contributed by atoms with Crippen LogP contribution in [-0.2, 0) is 6.42 Å². The summed E-state index contributed by atoms with van der Waals surface area (Å²) in [7, 11) is 5.72. The van der Waals surface area contributed by atoms with Crippen molar-refractivity contribution < 1.29 is 9.53 Å². The molecule has 0 aliphatic carbocycles. The Bertz CT molecular complexity index is 689. The van der Waals surface area contributed by atoms with Crippen molar-refractivity contribution in [3.63, 3.8) is 0 Å². The third-order valence-corrected chi connectivity index (χ3v) is 3.81. The van der Waals surface area contributed by atoms with Gasteiger partial charge in [-0.15, -0.1) is 0 Å². The Morgan fingerprint density at radius 2 is 1.96 bits per heavy atom. The van der Waals surface area contributed by atoms with Crippen LogP contribution < -0.4 is 15.4 Å². The number of benzene rings is 1. The van der Waals surface area contributed by atoms with Crippen LogP contribution in [0.2, 0.25) is 0 Å². The van der Waals surface area contributed by atoms with E-state index in [2.05, 4.69) is 25.5 Å². The van der Waals surface area contributed by atoms with Gasteiger partial charge in [-0.3, -0.25) is 4.79 Å². The van der Waals surface area contributed by atoms with E-state index in [0.29, 0.717) is 18.1 Å². The maximum Gasteiger partial charge on any atom is 0.254 e. The number of hydrogen-bond donors (Lipinski definition) is 2. The quantitative estimate of drug-likeness (QED) is 0.632. The predicted octanol–water partition coefficient (Wildman–Crippen LogP) is 1.82. The Kier molecular flexibility index (Phi) is 7.82. The van der Waals surface area contributed by atoms with Crippen LogP contribution in [0.4, 0.5) is 5.95 Å². The van der Waals surface area contributed by atoms with Crippen LogP contribution in [0.1, 0.15) is 22.3 Å². The van der Waals surface area contributed by atoms with E-state index in [1.54, 1.807) is 19.5 Å². The third-order valence-electron chi connectivity index (χ3n) is 3.81. The van der Waals surface area contributed by atoms with Gasteiger partial charge in [0, 0.05) is 25.5 Å². The van der Waals surface area contributed by atoms with Crippen LogP contribution in [0, 0.1) is 0 Å². The van der Waals surface area contributed by atoms with Gasteiger partial charge in [-0.05, 0) is 51.2 Å². The second kappa shape index (κ2) is 10.4. The molecule has 7 heteroatoms. The highest BCUT2D eigenvalue weighted by Gasteiger charge is 2.07. The van der Waals surface area contributed by atoms with Crippen molar-refractivity contribution in [1.29, 1.82) is 0 Å². The molecule has 0 aliphatic rings. The first-order valence-electron chi connectivity index (χ1n) is 8.70. The Balaban J connectivity index is 1.75. The lowest BCUT2D eigenvalue weighted by molar-refractivity contribution is 0.0953. The number of amides is 1. The molecule has 1 heterocycles. The molecule has 1 aromatic carbocycles. The number of rotatable bonds is 10. The summed E-state index contributed by atoms with van der Waals surface area (Å²) in [6, 6.07) is 7.81. The second-order valence-electron chi connectivity index (χ2n) is 6.24. The Morgan fingerprint density at radius 3 is 2.65 bits per heavy atom. The van der Waals surface area contributed by atoms with Crippen molar-refractivity contribution in [2.45, 2.75) is 12.8 Å². The molecule has 140 valence electrons. The standard InChI is InChI=1S/C19H27N5O2/c1-24(2)11-5-9-21-19-22-13-16(14-23-19)18(25)20-10-8-15-6-4-7-17(12-15)26-3/h4,6-7,12-14H,5,8-11H2,1-3H3,(H,20,25)(H,21,22,23). The van der Waals surface area contributed by atoms with E-state index in [0.717, 1.165) is 37.2 Å². The fourth-order valence-corrected chi connectivity index (χ4v) is 2.38. The van der Waals surface area contributed by atoms with Gasteiger partial charge < -0.3 is 20.3 Å². The minimum atomic E-state index is -0.174. The normalized spacial score (nSPS) is 10.6. The number of hydrogen-bond acceptors (Lipinski definition) is 6. The number of nitrogens with zero attached hydrogens (tertiary/aromatic N) is 3. The molecule has 0 radical (unpaired) electrons. The summed E-state index contributed by atoms with van der Waals surface area (Å²) in [5, 5.41) is 6.03. The highest BCUT2D eigenvalue weighted by molar-refractivity contribution is 5.93. The topological polar surface area (TPSA) is 79.4 Å². The Labute approximate surface area is 154 Å². The molecule has 0 spiro atoms. The van der Waals surface area contributed by atoms with Crippen LogP contribution in [-0.4, -0.2) is 61.6 Å². The molecule has 2 N–H and O–H groups in total. The number of carbonyl (C=O) groups excluding carboxylic acids is 1. The highest BCUT2D eigenvalue weighted by Crippen LogP contribution is 2.12. The molecule has 2 aromatic rings. The first-order valence-corrected chi connectivity index (χ1v) is 8.70. The van der Waals surface area contributed by atoms with Gasteiger partial charge in [0.1, 0.15) is 5.75 Å². The van der Waals surface area contributed by atoms with E-state index in [9.17, 15) is 4.79 Å². The lowest BCUT2D eigenvalue weighted by Crippen LogP contribution is -2.26. The molecular formula is C19H27N5O2. The molecule has 1 aromatic heterocycles. The van der Waals surface area contributed by atoms with E-state index >= 15 is 0 Å². The zero-order valence-electron chi connectivity index (χ0n) is 15.7.